The predicted octanol–water partition coefficient (Wildman–Crippen LogP) is 8.08. The molecule has 0 bridgehead atoms. The summed E-state index contributed by atoms with van der Waals surface area (Å²) >= 11 is 1.25. The van der Waals surface area contributed by atoms with Crippen molar-refractivity contribution in [2.75, 3.05) is 0 Å². The molecule has 1 aromatic carbocycles. The zero-order valence-electron chi connectivity index (χ0n) is 25.7. The average Bonchev–Trinajstić information content (AvgIpc) is 3.31. The second-order valence-electron chi connectivity index (χ2n) is 7.50. The van der Waals surface area contributed by atoms with E-state index in [9.17, 15) is 0 Å². The van der Waals surface area contributed by atoms with Gasteiger partial charge in [0, 0.05) is 42.3 Å². The molecule has 0 aliphatic carbocycles. The summed E-state index contributed by atoms with van der Waals surface area (Å²) in [5.74, 6) is 0. The molecular weight excluding hydrogens is 615 g/mol. The van der Waals surface area contributed by atoms with Gasteiger partial charge in [0.15, 0.2) is 0 Å². The fraction of sp³-hybridized carbons (Fsp3) is 0.172. The van der Waals surface area contributed by atoms with Gasteiger partial charge in [-0.25, -0.2) is 4.98 Å². The maximum Gasteiger partial charge on any atom is 0.113 e. The first-order chi connectivity index (χ1) is 18.9. The number of aryl methyl sites for hydroxylation is 1. The van der Waals surface area contributed by atoms with Crippen LogP contribution in [-0.2, 0) is 20.1 Å². The van der Waals surface area contributed by atoms with Crippen molar-refractivity contribution in [2.24, 2.45) is 4.99 Å². The minimum absolute atomic E-state index is 0. The third-order valence-electron chi connectivity index (χ3n) is 5.10. The molecule has 1 radical (unpaired) electrons. The molecule has 34 heavy (non-hydrogen) atoms. The number of pyridine rings is 2. The van der Waals surface area contributed by atoms with E-state index in [1.54, 1.807) is 12.1 Å². The van der Waals surface area contributed by atoms with Crippen LogP contribution in [0.3, 0.4) is 0 Å². The summed E-state index contributed by atoms with van der Waals surface area (Å²) in [6, 6.07) is 8.68. The Morgan fingerprint density at radius 2 is 2.18 bits per heavy atom. The Labute approximate surface area is 229 Å². The van der Waals surface area contributed by atoms with Crippen LogP contribution in [0.1, 0.15) is 41.5 Å². The summed E-state index contributed by atoms with van der Waals surface area (Å²) in [6.45, 7) is 7.44. The first kappa shape index (κ1) is 17.6. The third kappa shape index (κ3) is 5.98. The van der Waals surface area contributed by atoms with Gasteiger partial charge in [-0.1, -0.05) is 53.7 Å². The van der Waals surface area contributed by atoms with Gasteiger partial charge in [-0.3, -0.25) is 0 Å². The Balaban J connectivity index is 0.000000280. The van der Waals surface area contributed by atoms with Gasteiger partial charge in [0.2, 0.25) is 0 Å². The van der Waals surface area contributed by atoms with E-state index in [0.29, 0.717) is 15.1 Å². The van der Waals surface area contributed by atoms with E-state index in [0.717, 1.165) is 41.3 Å². The Kier molecular flexibility index (Phi) is 6.21. The van der Waals surface area contributed by atoms with Crippen LogP contribution in [0.5, 0.6) is 0 Å². The van der Waals surface area contributed by atoms with Crippen molar-refractivity contribution < 1.29 is 29.7 Å². The maximum atomic E-state index is 8.14. The van der Waals surface area contributed by atoms with Crippen LogP contribution in [0.25, 0.3) is 31.6 Å². The number of benzene rings is 1. The standard InChI is InChI=1S/C17H11N2S.C12H16N.Ir/c1-11-8-9-13-12-5-4-6-14(15-7-2-3-10-18-15)16(12)20-17(13)19-11;1-4-5-6-11(3)12-8-7-10(2)9-13-12;/h2-5,7-10H,1H3;4,6,9H,1,3,5,7-8H2,2H3;/q2*-1;/i1D3,2D,3D,7D,10D;;. The number of nitrogens with zero attached hydrogens (tertiary/aromatic N) is 3. The minimum Gasteiger partial charge on any atom is -0.325 e. The molecule has 4 heterocycles. The minimum atomic E-state index is -2.31. The molecule has 0 amide bonds. The third-order valence-corrected chi connectivity index (χ3v) is 6.23. The van der Waals surface area contributed by atoms with Crippen LogP contribution >= 0.6 is 11.3 Å². The molecule has 0 atom stereocenters. The SMILES string of the molecule is C=CC[CH-]C(=C)C1=NC=C(C)CC1.[2H]c1nc(-c2[c-]ccc3c2sc2nc(C([2H])([2H])[2H])ccc23)c([2H])c([2H])c1[2H].[Ir]. The molecule has 0 saturated carbocycles. The van der Waals surface area contributed by atoms with Crippen LogP contribution in [0.4, 0.5) is 0 Å². The number of allylic oxidation sites excluding steroid dienone is 3. The van der Waals surface area contributed by atoms with Crippen molar-refractivity contribution in [1.82, 2.24) is 9.97 Å². The molecule has 3 nitrogen and oxygen atoms in total. The van der Waals surface area contributed by atoms with Gasteiger partial charge in [0.25, 0.3) is 0 Å². The fourth-order valence-corrected chi connectivity index (χ4v) is 4.54. The second kappa shape index (κ2) is 12.0. The van der Waals surface area contributed by atoms with E-state index < -0.39 is 12.9 Å². The number of hydrogen-bond donors (Lipinski definition) is 0. The van der Waals surface area contributed by atoms with Crippen molar-refractivity contribution >= 4 is 37.4 Å². The van der Waals surface area contributed by atoms with Gasteiger partial charge in [0.1, 0.15) is 4.83 Å². The smallest absolute Gasteiger partial charge is 0.113 e. The van der Waals surface area contributed by atoms with Gasteiger partial charge in [-0.15, -0.1) is 30.3 Å². The Morgan fingerprint density at radius 1 is 1.29 bits per heavy atom. The van der Waals surface area contributed by atoms with Crippen molar-refractivity contribution in [1.29, 1.82) is 0 Å². The molecule has 175 valence electrons. The molecule has 4 aromatic rings. The fourth-order valence-electron chi connectivity index (χ4n) is 3.37. The van der Waals surface area contributed by atoms with Crippen LogP contribution in [0.15, 0.2) is 90.1 Å². The molecule has 1 aliphatic heterocycles. The van der Waals surface area contributed by atoms with Gasteiger partial charge in [0.05, 0.1) is 5.48 Å². The maximum absolute atomic E-state index is 8.14. The summed E-state index contributed by atoms with van der Waals surface area (Å²) in [4.78, 5) is 13.2. The molecule has 0 saturated heterocycles. The molecule has 0 unspecified atom stereocenters. The largest absolute Gasteiger partial charge is 0.325 e. The molecule has 0 fully saturated rings. The topological polar surface area (TPSA) is 38.1 Å². The Hall–Kier alpha value is -2.85. The zero-order valence-corrected chi connectivity index (χ0v) is 21.9. The van der Waals surface area contributed by atoms with E-state index >= 15 is 0 Å². The number of hydrogen-bond acceptors (Lipinski definition) is 4. The summed E-state index contributed by atoms with van der Waals surface area (Å²) in [7, 11) is 0. The second-order valence-corrected chi connectivity index (χ2v) is 8.50. The van der Waals surface area contributed by atoms with Crippen molar-refractivity contribution in [3.63, 3.8) is 0 Å². The van der Waals surface area contributed by atoms with E-state index in [1.165, 1.54) is 23.0 Å². The van der Waals surface area contributed by atoms with Crippen LogP contribution in [0, 0.1) is 19.3 Å². The number of rotatable bonds is 5. The monoisotopic (exact) mass is 649 g/mol. The van der Waals surface area contributed by atoms with Crippen molar-refractivity contribution in [3.8, 4) is 11.3 Å². The Bertz CT molecular complexity index is 1690. The predicted molar refractivity (Wildman–Crippen MR) is 143 cm³/mol. The summed E-state index contributed by atoms with van der Waals surface area (Å²) in [5.41, 5.74) is 4.07. The summed E-state index contributed by atoms with van der Waals surface area (Å²) in [6.07, 6.45) is 8.51. The van der Waals surface area contributed by atoms with E-state index in [-0.39, 0.29) is 49.8 Å². The number of aliphatic imine (C=N–C) groups is 1. The van der Waals surface area contributed by atoms with E-state index in [2.05, 4.69) is 47.5 Å². The first-order valence-electron chi connectivity index (χ1n) is 14.0. The van der Waals surface area contributed by atoms with Gasteiger partial charge in [-0.2, -0.15) is 29.9 Å². The number of aromatic nitrogens is 2. The Morgan fingerprint density at radius 3 is 2.94 bits per heavy atom. The molecular formula is C29H27IrN3S-2. The number of fused-ring (bicyclic) bond motifs is 3. The number of thiophene rings is 1. The van der Waals surface area contributed by atoms with Gasteiger partial charge >= 0.3 is 0 Å². The molecule has 0 N–H and O–H groups in total. The quantitative estimate of drug-likeness (QED) is 0.162. The van der Waals surface area contributed by atoms with Crippen LogP contribution < -0.4 is 0 Å². The molecule has 3 aromatic heterocycles. The van der Waals surface area contributed by atoms with Crippen molar-refractivity contribution in [2.45, 2.75) is 33.0 Å². The van der Waals surface area contributed by atoms with Gasteiger partial charge in [-0.05, 0) is 48.1 Å². The summed E-state index contributed by atoms with van der Waals surface area (Å²) in [5, 5.41) is 1.58. The summed E-state index contributed by atoms with van der Waals surface area (Å²) < 4.78 is 54.7. The van der Waals surface area contributed by atoms with E-state index in [4.69, 9.17) is 9.60 Å². The molecule has 0 spiro atoms. The molecule has 5 rings (SSSR count). The van der Waals surface area contributed by atoms with Crippen LogP contribution in [0.2, 0.25) is 0 Å². The molecule has 1 aliphatic rings. The van der Waals surface area contributed by atoms with Crippen molar-refractivity contribution in [3.05, 3.63) is 103 Å². The zero-order chi connectivity index (χ0) is 29.2. The average molecular weight is 649 g/mol. The van der Waals surface area contributed by atoms with Crippen LogP contribution in [-0.4, -0.2) is 15.7 Å². The normalized spacial score (nSPS) is 16.0. The molecule has 5 heteroatoms. The van der Waals surface area contributed by atoms with E-state index in [1.807, 2.05) is 18.3 Å². The van der Waals surface area contributed by atoms with Gasteiger partial charge < -0.3 is 9.98 Å². The first-order valence-corrected chi connectivity index (χ1v) is 11.3.